The number of nitrogens with two attached hydrogens (primary N) is 5. The first-order chi connectivity index (χ1) is 32.0. The van der Waals surface area contributed by atoms with E-state index < -0.39 is 10.1 Å². The number of fused-ring (bicyclic) bond motifs is 3. The topological polar surface area (TPSA) is 419 Å². The number of carbonyl (C=O) groups is 2. The molecular weight excluding hydrogens is 915 g/mol. The number of ether oxygens (including phenoxy) is 3. The minimum Gasteiger partial charge on any atom is -0.508 e. The average Bonchev–Trinajstić information content (AvgIpc) is 4.15. The normalized spacial score (nSPS) is 16.8. The number of carbonyl (C=O) groups excluding carboxylic acids is 2. The van der Waals surface area contributed by atoms with Gasteiger partial charge in [0, 0.05) is 69.6 Å². The number of phenolic OH excluding ortho intramolecular Hbond substituents is 3. The van der Waals surface area contributed by atoms with Crippen molar-refractivity contribution in [3.05, 3.63) is 52.8 Å². The molecule has 5 aliphatic heterocycles. The summed E-state index contributed by atoms with van der Waals surface area (Å²) in [6, 6.07) is 10.1. The first kappa shape index (κ1) is 50.6. The second-order valence-electron chi connectivity index (χ2n) is 15.0. The fourth-order valence-corrected chi connectivity index (χ4v) is 7.11. The number of nitrogens with one attached hydrogen (secondary N) is 2. The number of aromatic nitrogens is 2. The number of hydrazine groups is 2. The van der Waals surface area contributed by atoms with Gasteiger partial charge >= 0.3 is 0 Å². The van der Waals surface area contributed by atoms with E-state index in [1.165, 1.54) is 67.7 Å². The Hall–Kier alpha value is -8.40. The van der Waals surface area contributed by atoms with Crippen LogP contribution in [0.3, 0.4) is 0 Å². The molecule has 0 spiro atoms. The Bertz CT molecular complexity index is 2690. The Labute approximate surface area is 388 Å². The predicted molar refractivity (Wildman–Crippen MR) is 253 cm³/mol. The molecule has 3 aromatic carbocycles. The average molecular weight is 968 g/mol. The highest BCUT2D eigenvalue weighted by atomic mass is 32.2. The Morgan fingerprint density at radius 3 is 1.35 bits per heavy atom. The van der Waals surface area contributed by atoms with E-state index in [1.54, 1.807) is 25.4 Å². The lowest BCUT2D eigenvalue weighted by atomic mass is 10.2. The van der Waals surface area contributed by atoms with Gasteiger partial charge in [0.1, 0.15) is 57.4 Å². The van der Waals surface area contributed by atoms with Crippen molar-refractivity contribution >= 4 is 85.0 Å². The molecule has 0 atom stereocenters. The highest BCUT2D eigenvalue weighted by Crippen LogP contribution is 2.38. The summed E-state index contributed by atoms with van der Waals surface area (Å²) in [5.74, 6) is 0.964. The lowest BCUT2D eigenvalue weighted by molar-refractivity contribution is -0.129. The second-order valence-corrected chi connectivity index (χ2v) is 16.4. The van der Waals surface area contributed by atoms with Gasteiger partial charge in [0.2, 0.25) is 0 Å². The zero-order valence-electron chi connectivity index (χ0n) is 37.3. The molecule has 28 heteroatoms. The molecule has 27 nitrogen and oxygen atoms in total. The molecule has 2 amide bonds. The number of amides is 2. The van der Waals surface area contributed by atoms with Gasteiger partial charge in [-0.05, 0) is 31.4 Å². The van der Waals surface area contributed by atoms with Crippen LogP contribution >= 0.6 is 0 Å². The summed E-state index contributed by atoms with van der Waals surface area (Å²) in [7, 11) is 0.761. The highest BCUT2D eigenvalue weighted by molar-refractivity contribution is 7.85. The number of phenols is 3. The third-order valence-electron chi connectivity index (χ3n) is 10.3. The lowest BCUT2D eigenvalue weighted by Crippen LogP contribution is -2.33. The van der Waals surface area contributed by atoms with Crippen LogP contribution in [0.2, 0.25) is 0 Å². The quantitative estimate of drug-likeness (QED) is 0.0968. The van der Waals surface area contributed by atoms with Gasteiger partial charge in [-0.15, -0.1) is 0 Å². The molecular formula is C40H53N15O12S. The minimum absolute atomic E-state index is 0.0109. The maximum Gasteiger partial charge on any atom is 0.294 e. The van der Waals surface area contributed by atoms with Gasteiger partial charge in [-0.1, -0.05) is 0 Å². The first-order valence-corrected chi connectivity index (χ1v) is 22.1. The summed E-state index contributed by atoms with van der Waals surface area (Å²) in [4.78, 5) is 43.9. The van der Waals surface area contributed by atoms with Gasteiger partial charge in [-0.3, -0.25) is 44.5 Å². The molecule has 9 rings (SSSR count). The predicted octanol–water partition coefficient (Wildman–Crippen LogP) is 0.696. The van der Waals surface area contributed by atoms with E-state index in [0.717, 1.165) is 32.4 Å². The standard InChI is InChI=1S/2C13H15N5O3.C7H9NO2.C6H10N4O.CH4O3S/c2*1-21-10-6-8(9(19)5-7(10)14)16-11-12(15)17-3-2-4-18(17)13(11)20;1-10-7-3-2-5(9)4-6(7)8;7-4-5(8)9-2-1-3-10(9)6(4)11;1-5(2,3)4/h2*5-6,15,19H,2-4,14H2,1H3;2-4,9H,8H2,1H3;1-3,7-8H2;1H3,(H,2,3,4). The summed E-state index contributed by atoms with van der Waals surface area (Å²) in [6.45, 7) is 3.95. The van der Waals surface area contributed by atoms with Gasteiger partial charge in [-0.25, -0.2) is 24.7 Å². The van der Waals surface area contributed by atoms with E-state index in [-0.39, 0.29) is 86.2 Å². The largest absolute Gasteiger partial charge is 0.508 e. The number of methoxy groups -OCH3 is 3. The Morgan fingerprint density at radius 1 is 0.588 bits per heavy atom. The molecule has 6 heterocycles. The fraction of sp³-hybridized carbons (Fsp3) is 0.325. The third-order valence-corrected chi connectivity index (χ3v) is 10.3. The monoisotopic (exact) mass is 967 g/mol. The number of rotatable bonds is 5. The van der Waals surface area contributed by atoms with Crippen molar-refractivity contribution in [2.75, 3.05) is 82.4 Å². The number of hydrogen-bond acceptors (Lipinski definition) is 20. The van der Waals surface area contributed by atoms with E-state index in [1.807, 2.05) is 0 Å². The van der Waals surface area contributed by atoms with Crippen LogP contribution in [0.4, 0.5) is 39.9 Å². The molecule has 16 N–H and O–H groups in total. The summed E-state index contributed by atoms with van der Waals surface area (Å²) in [5.41, 5.74) is 29.2. The van der Waals surface area contributed by atoms with E-state index in [2.05, 4.69) is 9.98 Å². The smallest absolute Gasteiger partial charge is 0.294 e. The molecule has 366 valence electrons. The van der Waals surface area contributed by atoms with Crippen LogP contribution in [0, 0.1) is 10.8 Å². The second kappa shape index (κ2) is 20.8. The maximum absolute atomic E-state index is 12.2. The zero-order chi connectivity index (χ0) is 50.4. The molecule has 5 aliphatic rings. The molecule has 1 aromatic heterocycles. The Morgan fingerprint density at radius 2 is 0.971 bits per heavy atom. The molecule has 0 unspecified atom stereocenters. The van der Waals surface area contributed by atoms with E-state index >= 15 is 0 Å². The number of aromatic hydroxyl groups is 3. The van der Waals surface area contributed by atoms with Crippen LogP contribution in [-0.2, 0) is 32.8 Å². The van der Waals surface area contributed by atoms with Crippen LogP contribution in [0.5, 0.6) is 34.5 Å². The lowest BCUT2D eigenvalue weighted by Gasteiger charge is -2.17. The molecule has 0 saturated carbocycles. The summed E-state index contributed by atoms with van der Waals surface area (Å²) in [5, 5.41) is 50.9. The molecule has 0 bridgehead atoms. The van der Waals surface area contributed by atoms with Gasteiger partial charge in [-0.2, -0.15) is 8.42 Å². The zero-order valence-corrected chi connectivity index (χ0v) is 38.1. The van der Waals surface area contributed by atoms with Gasteiger partial charge < -0.3 is 58.2 Å². The molecule has 0 radical (unpaired) electrons. The molecule has 0 aliphatic carbocycles. The van der Waals surface area contributed by atoms with Gasteiger partial charge in [0.05, 0.1) is 44.6 Å². The van der Waals surface area contributed by atoms with E-state index in [0.29, 0.717) is 61.2 Å². The van der Waals surface area contributed by atoms with Crippen LogP contribution < -0.4 is 48.4 Å². The van der Waals surface area contributed by atoms with E-state index in [9.17, 15) is 33.0 Å². The fourth-order valence-electron chi connectivity index (χ4n) is 7.11. The molecule has 4 saturated heterocycles. The van der Waals surface area contributed by atoms with E-state index in [4.69, 9.17) is 63.4 Å². The van der Waals surface area contributed by atoms with Gasteiger partial charge in [0.15, 0.2) is 23.1 Å². The number of nitrogen functional groups attached to an aromatic ring is 5. The van der Waals surface area contributed by atoms with Crippen molar-refractivity contribution in [1.82, 2.24) is 29.4 Å². The Kier molecular flexibility index (Phi) is 15.5. The number of nitrogens with zero attached hydrogens (tertiary/aromatic N) is 8. The van der Waals surface area contributed by atoms with Crippen LogP contribution in [0.15, 0.2) is 57.2 Å². The van der Waals surface area contributed by atoms with Crippen LogP contribution in [0.1, 0.15) is 19.3 Å². The summed E-state index contributed by atoms with van der Waals surface area (Å²) < 4.78 is 44.2. The number of amidine groups is 2. The summed E-state index contributed by atoms with van der Waals surface area (Å²) in [6.07, 6.45) is 3.36. The highest BCUT2D eigenvalue weighted by Gasteiger charge is 2.43. The number of anilines is 5. The molecule has 4 fully saturated rings. The van der Waals surface area contributed by atoms with Crippen molar-refractivity contribution in [3.63, 3.8) is 0 Å². The minimum atomic E-state index is -3.67. The van der Waals surface area contributed by atoms with Crippen molar-refractivity contribution in [2.45, 2.75) is 32.4 Å². The van der Waals surface area contributed by atoms with Crippen molar-refractivity contribution in [3.8, 4) is 34.5 Å². The van der Waals surface area contributed by atoms with Crippen molar-refractivity contribution < 1.29 is 52.1 Å². The number of benzene rings is 3. The molecule has 4 aromatic rings. The van der Waals surface area contributed by atoms with Crippen LogP contribution in [-0.4, -0.2) is 146 Å². The SMILES string of the molecule is COc1cc(N=C2C(=N)N3CCCN3C2=O)c(O)cc1N.COc1cc(N=C2C(=N)N3CCCN3C2=O)c(O)cc1N.COc1ccc(O)cc1N.CS(=O)(=O)O.Nc1c(N)n2n(c1=O)CCC2. The van der Waals surface area contributed by atoms with Crippen molar-refractivity contribution in [2.24, 2.45) is 9.98 Å². The Balaban J connectivity index is 0.000000171. The number of aliphatic imine (C=N–C) groups is 2. The maximum atomic E-state index is 12.2. The molecule has 68 heavy (non-hydrogen) atoms. The third kappa shape index (κ3) is 11.2. The number of hydrogen-bond donors (Lipinski definition) is 11. The first-order valence-electron chi connectivity index (χ1n) is 20.3. The van der Waals surface area contributed by atoms with Crippen LogP contribution in [0.25, 0.3) is 0 Å². The van der Waals surface area contributed by atoms with Gasteiger partial charge in [0.25, 0.3) is 27.5 Å². The van der Waals surface area contributed by atoms with Crippen molar-refractivity contribution in [1.29, 1.82) is 10.8 Å². The summed E-state index contributed by atoms with van der Waals surface area (Å²) >= 11 is 0.